The first-order valence-electron chi connectivity index (χ1n) is 6.25. The number of rotatable bonds is 3. The van der Waals surface area contributed by atoms with Crippen LogP contribution in [-0.4, -0.2) is 36.2 Å². The molecule has 1 aromatic heterocycles. The second kappa shape index (κ2) is 5.09. The molecule has 5 nitrogen and oxygen atoms in total. The summed E-state index contributed by atoms with van der Waals surface area (Å²) in [6, 6.07) is 8.75. The minimum absolute atomic E-state index is 0.487. The summed E-state index contributed by atoms with van der Waals surface area (Å²) in [7, 11) is 2.09. The molecular formula is C13H15ClN4O. The van der Waals surface area contributed by atoms with Gasteiger partial charge in [-0.25, -0.2) is 0 Å². The number of fused-ring (bicyclic) bond motifs is 1. The number of para-hydroxylation sites is 2. The van der Waals surface area contributed by atoms with Gasteiger partial charge in [0, 0.05) is 32.4 Å². The Morgan fingerprint density at radius 2 is 2.00 bits per heavy atom. The van der Waals surface area contributed by atoms with Gasteiger partial charge in [0.05, 0.1) is 11.4 Å². The van der Waals surface area contributed by atoms with Gasteiger partial charge in [-0.15, -0.1) is 16.7 Å². The van der Waals surface area contributed by atoms with E-state index in [4.69, 9.17) is 16.0 Å². The Balaban J connectivity index is 1.95. The minimum Gasteiger partial charge on any atom is -0.408 e. The minimum atomic E-state index is 0.487. The summed E-state index contributed by atoms with van der Waals surface area (Å²) in [4.78, 5) is 4.28. The second-order valence-electron chi connectivity index (χ2n) is 4.48. The van der Waals surface area contributed by atoms with Crippen LogP contribution in [-0.2, 0) is 6.42 Å². The number of nitrogens with zero attached hydrogens (tertiary/aromatic N) is 4. The van der Waals surface area contributed by atoms with E-state index in [1.807, 2.05) is 12.1 Å². The summed E-state index contributed by atoms with van der Waals surface area (Å²) in [6.07, 6.45) is 0.601. The molecule has 3 rings (SSSR count). The fourth-order valence-corrected chi connectivity index (χ4v) is 2.40. The lowest BCUT2D eigenvalue weighted by atomic mass is 10.2. The molecule has 2 aromatic rings. The Kier molecular flexibility index (Phi) is 3.29. The number of alkyl halides is 1. The molecule has 0 atom stereocenters. The highest BCUT2D eigenvalue weighted by Gasteiger charge is 2.24. The lowest BCUT2D eigenvalue weighted by Crippen LogP contribution is -2.36. The predicted molar refractivity (Wildman–Crippen MR) is 75.4 cm³/mol. The SMILES string of the molecule is CN1CCN(c2nnc(CCCl)o2)c2ccccc21. The van der Waals surface area contributed by atoms with Crippen molar-refractivity contribution in [3.8, 4) is 0 Å². The van der Waals surface area contributed by atoms with Crippen molar-refractivity contribution in [3.63, 3.8) is 0 Å². The van der Waals surface area contributed by atoms with Gasteiger partial charge in [-0.05, 0) is 12.1 Å². The molecule has 0 aliphatic carbocycles. The van der Waals surface area contributed by atoms with E-state index in [2.05, 4.69) is 39.2 Å². The summed E-state index contributed by atoms with van der Waals surface area (Å²) >= 11 is 5.68. The van der Waals surface area contributed by atoms with Gasteiger partial charge in [0.1, 0.15) is 0 Å². The van der Waals surface area contributed by atoms with Gasteiger partial charge >= 0.3 is 6.01 Å². The van der Waals surface area contributed by atoms with E-state index in [9.17, 15) is 0 Å². The van der Waals surface area contributed by atoms with Crippen molar-refractivity contribution in [3.05, 3.63) is 30.2 Å². The van der Waals surface area contributed by atoms with Crippen molar-refractivity contribution in [2.24, 2.45) is 0 Å². The van der Waals surface area contributed by atoms with Gasteiger partial charge in [-0.3, -0.25) is 4.90 Å². The largest absolute Gasteiger partial charge is 0.408 e. The Bertz CT molecular complexity index is 571. The van der Waals surface area contributed by atoms with Crippen LogP contribution in [0.25, 0.3) is 0 Å². The molecular weight excluding hydrogens is 264 g/mol. The first-order valence-corrected chi connectivity index (χ1v) is 6.79. The second-order valence-corrected chi connectivity index (χ2v) is 4.86. The summed E-state index contributed by atoms with van der Waals surface area (Å²) in [5, 5.41) is 8.13. The number of aryl methyl sites for hydroxylation is 1. The third-order valence-electron chi connectivity index (χ3n) is 3.24. The van der Waals surface area contributed by atoms with Crippen molar-refractivity contribution < 1.29 is 4.42 Å². The molecule has 0 amide bonds. The number of anilines is 3. The molecule has 0 spiro atoms. The highest BCUT2D eigenvalue weighted by molar-refractivity contribution is 6.17. The van der Waals surface area contributed by atoms with Gasteiger partial charge in [0.15, 0.2) is 0 Å². The molecule has 1 aliphatic heterocycles. The molecule has 0 N–H and O–H groups in total. The van der Waals surface area contributed by atoms with Crippen molar-refractivity contribution in [1.82, 2.24) is 10.2 Å². The maximum atomic E-state index is 5.68. The van der Waals surface area contributed by atoms with Crippen LogP contribution in [0.1, 0.15) is 5.89 Å². The van der Waals surface area contributed by atoms with E-state index in [0.29, 0.717) is 24.2 Å². The smallest absolute Gasteiger partial charge is 0.322 e. The third-order valence-corrected chi connectivity index (χ3v) is 3.43. The first kappa shape index (κ1) is 12.3. The van der Waals surface area contributed by atoms with Gasteiger partial charge in [-0.2, -0.15) is 0 Å². The molecule has 1 aromatic carbocycles. The van der Waals surface area contributed by atoms with Gasteiger partial charge in [0.2, 0.25) is 5.89 Å². The zero-order valence-electron chi connectivity index (χ0n) is 10.7. The van der Waals surface area contributed by atoms with Crippen molar-refractivity contribution in [2.45, 2.75) is 6.42 Å². The number of aromatic nitrogens is 2. The van der Waals surface area contributed by atoms with Crippen molar-refractivity contribution in [2.75, 3.05) is 35.8 Å². The molecule has 0 saturated heterocycles. The lowest BCUT2D eigenvalue weighted by Gasteiger charge is -2.34. The van der Waals surface area contributed by atoms with E-state index >= 15 is 0 Å². The van der Waals surface area contributed by atoms with Crippen LogP contribution in [0.3, 0.4) is 0 Å². The molecule has 0 saturated carbocycles. The fraction of sp³-hybridized carbons (Fsp3) is 0.385. The Hall–Kier alpha value is -1.75. The molecule has 6 heteroatoms. The van der Waals surface area contributed by atoms with Crippen LogP contribution in [0.5, 0.6) is 0 Å². The Morgan fingerprint density at radius 3 is 2.79 bits per heavy atom. The summed E-state index contributed by atoms with van der Waals surface area (Å²) < 4.78 is 5.66. The predicted octanol–water partition coefficient (Wildman–Crippen LogP) is 2.44. The summed E-state index contributed by atoms with van der Waals surface area (Å²) in [6.45, 7) is 1.75. The Labute approximate surface area is 116 Å². The molecule has 0 fully saturated rings. The van der Waals surface area contributed by atoms with Gasteiger partial charge < -0.3 is 9.32 Å². The maximum absolute atomic E-state index is 5.68. The monoisotopic (exact) mass is 278 g/mol. The zero-order chi connectivity index (χ0) is 13.2. The average Bonchev–Trinajstić information content (AvgIpc) is 2.88. The Morgan fingerprint density at radius 1 is 1.21 bits per heavy atom. The van der Waals surface area contributed by atoms with Crippen LogP contribution in [0, 0.1) is 0 Å². The van der Waals surface area contributed by atoms with Crippen LogP contribution < -0.4 is 9.80 Å². The molecule has 0 bridgehead atoms. The molecule has 0 radical (unpaired) electrons. The van der Waals surface area contributed by atoms with E-state index in [0.717, 1.165) is 18.8 Å². The molecule has 100 valence electrons. The van der Waals surface area contributed by atoms with Crippen LogP contribution in [0.4, 0.5) is 17.4 Å². The molecule has 1 aliphatic rings. The zero-order valence-corrected chi connectivity index (χ0v) is 11.5. The molecule has 19 heavy (non-hydrogen) atoms. The van der Waals surface area contributed by atoms with E-state index in [1.165, 1.54) is 5.69 Å². The van der Waals surface area contributed by atoms with Crippen LogP contribution in [0.15, 0.2) is 28.7 Å². The van der Waals surface area contributed by atoms with E-state index < -0.39 is 0 Å². The fourth-order valence-electron chi connectivity index (χ4n) is 2.24. The molecule has 2 heterocycles. The maximum Gasteiger partial charge on any atom is 0.322 e. The highest BCUT2D eigenvalue weighted by atomic mass is 35.5. The number of benzene rings is 1. The average molecular weight is 279 g/mol. The standard InChI is InChI=1S/C13H15ClN4O/c1-17-8-9-18(11-5-3-2-4-10(11)17)13-16-15-12(19-13)6-7-14/h2-5H,6-9H2,1H3. The third kappa shape index (κ3) is 2.26. The van der Waals surface area contributed by atoms with Crippen LogP contribution in [0.2, 0.25) is 0 Å². The lowest BCUT2D eigenvalue weighted by molar-refractivity contribution is 0.499. The van der Waals surface area contributed by atoms with Gasteiger partial charge in [-0.1, -0.05) is 17.2 Å². The van der Waals surface area contributed by atoms with E-state index in [-0.39, 0.29) is 0 Å². The molecule has 0 unspecified atom stereocenters. The highest BCUT2D eigenvalue weighted by Crippen LogP contribution is 2.35. The number of hydrogen-bond acceptors (Lipinski definition) is 5. The number of hydrogen-bond donors (Lipinski definition) is 0. The first-order chi connectivity index (χ1) is 9.29. The topological polar surface area (TPSA) is 45.4 Å². The quantitative estimate of drug-likeness (QED) is 0.807. The summed E-state index contributed by atoms with van der Waals surface area (Å²) in [5.41, 5.74) is 2.27. The van der Waals surface area contributed by atoms with Crippen molar-refractivity contribution >= 4 is 29.0 Å². The van der Waals surface area contributed by atoms with Crippen molar-refractivity contribution in [1.29, 1.82) is 0 Å². The number of likely N-dealkylation sites (N-methyl/N-ethyl adjacent to an activating group) is 1. The van der Waals surface area contributed by atoms with E-state index in [1.54, 1.807) is 0 Å². The summed E-state index contributed by atoms with van der Waals surface area (Å²) in [5.74, 6) is 1.07. The number of halogens is 1. The van der Waals surface area contributed by atoms with Gasteiger partial charge in [0.25, 0.3) is 0 Å². The normalized spacial score (nSPS) is 14.6. The van der Waals surface area contributed by atoms with Crippen LogP contribution >= 0.6 is 11.6 Å².